The molecule has 2 N–H and O–H groups in total. The number of nitrogens with zero attached hydrogens (tertiary/aromatic N) is 1. The first-order chi connectivity index (χ1) is 10.1. The Morgan fingerprint density at radius 1 is 1.14 bits per heavy atom. The summed E-state index contributed by atoms with van der Waals surface area (Å²) in [6.45, 7) is 4.09. The third-order valence-corrected chi connectivity index (χ3v) is 4.48. The van der Waals surface area contributed by atoms with E-state index in [4.69, 9.17) is 0 Å². The van der Waals surface area contributed by atoms with Crippen LogP contribution in [0.15, 0.2) is 35.5 Å². The van der Waals surface area contributed by atoms with Crippen molar-refractivity contribution in [2.24, 2.45) is 0 Å². The van der Waals surface area contributed by atoms with E-state index < -0.39 is 0 Å². The van der Waals surface area contributed by atoms with Crippen LogP contribution >= 0.6 is 0 Å². The Kier molecular flexibility index (Phi) is 2.55. The summed E-state index contributed by atoms with van der Waals surface area (Å²) in [4.78, 5) is 12.4. The average Bonchev–Trinajstić information content (AvgIpc) is 3.03. The second kappa shape index (κ2) is 4.32. The molecule has 0 radical (unpaired) electrons. The van der Waals surface area contributed by atoms with Gasteiger partial charge in [0.15, 0.2) is 11.6 Å². The Morgan fingerprint density at radius 2 is 1.90 bits per heavy atom. The van der Waals surface area contributed by atoms with Gasteiger partial charge >= 0.3 is 0 Å². The van der Waals surface area contributed by atoms with Crippen molar-refractivity contribution in [1.82, 2.24) is 10.2 Å². The molecular formula is C17H17N3O. The quantitative estimate of drug-likeness (QED) is 0.842. The van der Waals surface area contributed by atoms with E-state index in [-0.39, 0.29) is 11.7 Å². The number of aromatic amines is 1. The zero-order valence-electron chi connectivity index (χ0n) is 12.2. The Bertz CT molecular complexity index is 768. The highest BCUT2D eigenvalue weighted by Gasteiger charge is 2.38. The highest BCUT2D eigenvalue weighted by atomic mass is 16.1. The predicted molar refractivity (Wildman–Crippen MR) is 81.2 cm³/mol. The van der Waals surface area contributed by atoms with E-state index in [1.54, 1.807) is 0 Å². The molecule has 106 valence electrons. The highest BCUT2D eigenvalue weighted by molar-refractivity contribution is 6.02. The molecule has 0 spiro atoms. The molecular weight excluding hydrogens is 262 g/mol. The maximum atomic E-state index is 12.4. The van der Waals surface area contributed by atoms with Gasteiger partial charge in [-0.2, -0.15) is 5.10 Å². The number of fused-ring (bicyclic) bond motifs is 1. The minimum Gasteiger partial charge on any atom is -0.342 e. The van der Waals surface area contributed by atoms with Crippen LogP contribution in [0, 0.1) is 13.8 Å². The second-order valence-electron chi connectivity index (χ2n) is 5.89. The van der Waals surface area contributed by atoms with Gasteiger partial charge in [0.2, 0.25) is 0 Å². The zero-order chi connectivity index (χ0) is 14.6. The molecule has 1 unspecified atom stereocenters. The number of carbonyl (C=O) groups is 1. The molecule has 2 heterocycles. The number of nitrogens with one attached hydrogen (secondary N) is 2. The molecule has 0 fully saturated rings. The van der Waals surface area contributed by atoms with Crippen LogP contribution in [-0.4, -0.2) is 16.0 Å². The minimum atomic E-state index is 0.00519. The number of ketones is 1. The third-order valence-electron chi connectivity index (χ3n) is 4.48. The van der Waals surface area contributed by atoms with Gasteiger partial charge in [0, 0.05) is 34.9 Å². The number of H-pyrrole nitrogens is 1. The molecule has 1 aliphatic carbocycles. The van der Waals surface area contributed by atoms with Crippen LogP contribution in [0.3, 0.4) is 0 Å². The Hall–Kier alpha value is -2.36. The molecule has 2 aromatic rings. The number of Topliss-reactive ketones (excluding diaryl/α,β-unsaturated/α-hetero) is 1. The van der Waals surface area contributed by atoms with Crippen LogP contribution < -0.4 is 5.32 Å². The summed E-state index contributed by atoms with van der Waals surface area (Å²) in [6, 6.07) is 8.45. The lowest BCUT2D eigenvalue weighted by Crippen LogP contribution is -2.19. The first kappa shape index (κ1) is 12.4. The Balaban J connectivity index is 1.94. The molecule has 21 heavy (non-hydrogen) atoms. The molecule has 2 aliphatic rings. The largest absolute Gasteiger partial charge is 0.342 e. The van der Waals surface area contributed by atoms with Gasteiger partial charge in [0.1, 0.15) is 0 Å². The molecule has 0 amide bonds. The first-order valence-electron chi connectivity index (χ1n) is 7.30. The van der Waals surface area contributed by atoms with Crippen molar-refractivity contribution in [2.75, 3.05) is 5.32 Å². The monoisotopic (exact) mass is 279 g/mol. The molecule has 1 aromatic carbocycles. The van der Waals surface area contributed by atoms with Crippen LogP contribution in [0.1, 0.15) is 41.1 Å². The van der Waals surface area contributed by atoms with E-state index in [9.17, 15) is 4.79 Å². The number of allylic oxidation sites excluding steroid dienone is 2. The SMILES string of the molecule is Cc1ccc(C2C3=C(CCC3=O)Nc3n[nH]c(C)c32)cc1. The summed E-state index contributed by atoms with van der Waals surface area (Å²) >= 11 is 0. The summed E-state index contributed by atoms with van der Waals surface area (Å²) in [5.74, 6) is 1.13. The van der Waals surface area contributed by atoms with Crippen LogP contribution in [-0.2, 0) is 4.79 Å². The van der Waals surface area contributed by atoms with E-state index >= 15 is 0 Å². The van der Waals surface area contributed by atoms with Gasteiger partial charge in [0.25, 0.3) is 0 Å². The maximum absolute atomic E-state index is 12.4. The number of benzene rings is 1. The standard InChI is InChI=1S/C17H17N3O/c1-9-3-5-11(6-4-9)15-14-10(2)19-20-17(14)18-12-7-8-13(21)16(12)15/h3-6,15H,7-8H2,1-2H3,(H2,18,19,20). The van der Waals surface area contributed by atoms with E-state index in [2.05, 4.69) is 46.7 Å². The Morgan fingerprint density at radius 3 is 2.67 bits per heavy atom. The highest BCUT2D eigenvalue weighted by Crippen LogP contribution is 2.46. The number of aryl methyl sites for hydroxylation is 2. The fourth-order valence-electron chi connectivity index (χ4n) is 3.41. The fraction of sp³-hybridized carbons (Fsp3) is 0.294. The summed E-state index contributed by atoms with van der Waals surface area (Å²) in [6.07, 6.45) is 1.40. The Labute approximate surface area is 123 Å². The van der Waals surface area contributed by atoms with Gasteiger partial charge in [-0.3, -0.25) is 9.89 Å². The summed E-state index contributed by atoms with van der Waals surface area (Å²) < 4.78 is 0. The molecule has 1 aromatic heterocycles. The van der Waals surface area contributed by atoms with Crippen molar-refractivity contribution < 1.29 is 4.79 Å². The van der Waals surface area contributed by atoms with Crippen molar-refractivity contribution in [3.63, 3.8) is 0 Å². The lowest BCUT2D eigenvalue weighted by atomic mass is 9.81. The number of rotatable bonds is 1. The maximum Gasteiger partial charge on any atom is 0.161 e. The van der Waals surface area contributed by atoms with Crippen molar-refractivity contribution in [1.29, 1.82) is 0 Å². The van der Waals surface area contributed by atoms with Crippen LogP contribution in [0.4, 0.5) is 5.82 Å². The molecule has 1 aliphatic heterocycles. The minimum absolute atomic E-state index is 0.00519. The van der Waals surface area contributed by atoms with Crippen molar-refractivity contribution in [3.8, 4) is 0 Å². The van der Waals surface area contributed by atoms with Crippen LogP contribution in [0.5, 0.6) is 0 Å². The molecule has 4 rings (SSSR count). The number of hydrogen-bond acceptors (Lipinski definition) is 3. The molecule has 0 saturated carbocycles. The average molecular weight is 279 g/mol. The van der Waals surface area contributed by atoms with Gasteiger partial charge in [-0.05, 0) is 25.8 Å². The molecule has 0 saturated heterocycles. The second-order valence-corrected chi connectivity index (χ2v) is 5.89. The number of anilines is 1. The van der Waals surface area contributed by atoms with Gasteiger partial charge in [-0.1, -0.05) is 29.8 Å². The van der Waals surface area contributed by atoms with Gasteiger partial charge in [-0.25, -0.2) is 0 Å². The molecule has 1 atom stereocenters. The van der Waals surface area contributed by atoms with E-state index in [0.29, 0.717) is 6.42 Å². The van der Waals surface area contributed by atoms with Crippen LogP contribution in [0.25, 0.3) is 0 Å². The van der Waals surface area contributed by atoms with Crippen LogP contribution in [0.2, 0.25) is 0 Å². The smallest absolute Gasteiger partial charge is 0.161 e. The lowest BCUT2D eigenvalue weighted by Gasteiger charge is -2.26. The van der Waals surface area contributed by atoms with Gasteiger partial charge in [-0.15, -0.1) is 0 Å². The van der Waals surface area contributed by atoms with Crippen molar-refractivity contribution >= 4 is 11.6 Å². The summed E-state index contributed by atoms with van der Waals surface area (Å²) in [5, 5.41) is 10.7. The van der Waals surface area contributed by atoms with E-state index in [1.807, 2.05) is 6.92 Å². The normalized spacial score (nSPS) is 20.3. The topological polar surface area (TPSA) is 57.8 Å². The lowest BCUT2D eigenvalue weighted by molar-refractivity contribution is -0.115. The van der Waals surface area contributed by atoms with Crippen molar-refractivity contribution in [3.05, 3.63) is 57.9 Å². The molecule has 4 nitrogen and oxygen atoms in total. The fourth-order valence-corrected chi connectivity index (χ4v) is 3.41. The van der Waals surface area contributed by atoms with E-state index in [1.165, 1.54) is 5.56 Å². The van der Waals surface area contributed by atoms with E-state index in [0.717, 1.165) is 40.3 Å². The number of aromatic nitrogens is 2. The summed E-state index contributed by atoms with van der Waals surface area (Å²) in [7, 11) is 0. The van der Waals surface area contributed by atoms with Gasteiger partial charge in [0.05, 0.1) is 0 Å². The first-order valence-corrected chi connectivity index (χ1v) is 7.30. The molecule has 4 heteroatoms. The number of carbonyl (C=O) groups excluding carboxylic acids is 1. The zero-order valence-corrected chi connectivity index (χ0v) is 12.2. The predicted octanol–water partition coefficient (Wildman–Crippen LogP) is 3.20. The molecule has 0 bridgehead atoms. The third kappa shape index (κ3) is 1.75. The van der Waals surface area contributed by atoms with Gasteiger partial charge < -0.3 is 5.32 Å². The number of hydrogen-bond donors (Lipinski definition) is 2. The summed E-state index contributed by atoms with van der Waals surface area (Å²) in [5.41, 5.74) is 6.49. The van der Waals surface area contributed by atoms with Crippen molar-refractivity contribution in [2.45, 2.75) is 32.6 Å².